The Bertz CT molecular complexity index is 2030. The Hall–Kier alpha value is -4.59. The zero-order valence-corrected chi connectivity index (χ0v) is 38.0. The fourth-order valence-corrected chi connectivity index (χ4v) is 16.5. The van der Waals surface area contributed by atoms with Crippen LogP contribution in [0, 0.1) is 0 Å². The molecule has 0 unspecified atom stereocenters. The van der Waals surface area contributed by atoms with Crippen molar-refractivity contribution in [2.24, 2.45) is 0 Å². The molecule has 0 amide bonds. The summed E-state index contributed by atoms with van der Waals surface area (Å²) >= 11 is 0. The Morgan fingerprint density at radius 3 is 0.508 bits per heavy atom. The van der Waals surface area contributed by atoms with Gasteiger partial charge in [-0.05, 0) is 0 Å². The summed E-state index contributed by atoms with van der Waals surface area (Å²) in [6.45, 7) is 0. The molecular weight excluding hydrogens is 872 g/mol. The van der Waals surface area contributed by atoms with Gasteiger partial charge in [0.25, 0.3) is 0 Å². The van der Waals surface area contributed by atoms with E-state index in [1.807, 2.05) is 170 Å². The molecule has 0 aliphatic carbocycles. The third kappa shape index (κ3) is 10.6. The molecule has 0 aliphatic rings. The van der Waals surface area contributed by atoms with E-state index in [4.69, 9.17) is 0 Å². The van der Waals surface area contributed by atoms with Gasteiger partial charge in [-0.2, -0.15) is 0 Å². The van der Waals surface area contributed by atoms with E-state index in [-0.39, 0.29) is 73.1 Å². The predicted molar refractivity (Wildman–Crippen MR) is 271 cm³/mol. The minimum absolute atomic E-state index is 0. The fraction of sp³-hybridized carbons (Fsp3) is 0. The molecule has 8 aromatic rings. The second-order valence-corrected chi connectivity index (χ2v) is 20.5. The summed E-state index contributed by atoms with van der Waals surface area (Å²) in [5, 5.41) is 6.65. The number of carbonyl (C=O) groups is 2. The average Bonchev–Trinajstić information content (AvgIpc) is 3.27. The molecule has 2 nitrogen and oxygen atoms in total. The van der Waals surface area contributed by atoms with Gasteiger partial charge in [0.2, 0.25) is 0 Å². The van der Waals surface area contributed by atoms with Gasteiger partial charge in [-0.1, -0.05) is 0 Å². The second kappa shape index (κ2) is 24.5. The standard InChI is InChI=1S/2C25H21OP.5ClH/c2*26-25(21-13-5-1-6-14-21)27(22-15-7-2-8-16-22,23-17-9-3-10-18-23)24-19-11-4-12-20-24;;;;;/h2*1-20,27H;5*1H. The summed E-state index contributed by atoms with van der Waals surface area (Å²) in [4.78, 5) is 28.3. The van der Waals surface area contributed by atoms with Gasteiger partial charge in [-0.3, -0.25) is 0 Å². The molecule has 0 spiro atoms. The van der Waals surface area contributed by atoms with Crippen LogP contribution in [0.15, 0.2) is 243 Å². The number of benzene rings is 8. The van der Waals surface area contributed by atoms with E-state index in [2.05, 4.69) is 72.8 Å². The molecule has 0 radical (unpaired) electrons. The number of halogens is 5. The summed E-state index contributed by atoms with van der Waals surface area (Å²) in [6, 6.07) is 81.0. The number of hydrogen-bond acceptors (Lipinski definition) is 2. The molecule has 8 aromatic carbocycles. The molecule has 9 heteroatoms. The van der Waals surface area contributed by atoms with E-state index in [0.29, 0.717) is 0 Å². The van der Waals surface area contributed by atoms with Crippen LogP contribution in [0.25, 0.3) is 0 Å². The van der Waals surface area contributed by atoms with Crippen molar-refractivity contribution in [3.05, 3.63) is 254 Å². The van der Waals surface area contributed by atoms with E-state index in [9.17, 15) is 9.59 Å². The fourth-order valence-electron chi connectivity index (χ4n) is 7.53. The van der Waals surface area contributed by atoms with Crippen molar-refractivity contribution >= 4 is 119 Å². The van der Waals surface area contributed by atoms with Crippen LogP contribution in [0.5, 0.6) is 0 Å². The monoisotopic (exact) mass is 916 g/mol. The molecular formula is C50H47Cl5O2P2. The van der Waals surface area contributed by atoms with Crippen molar-refractivity contribution in [1.82, 2.24) is 0 Å². The second-order valence-electron chi connectivity index (χ2n) is 13.1. The predicted octanol–water partition coefficient (Wildman–Crippen LogP) is 11.2. The summed E-state index contributed by atoms with van der Waals surface area (Å²) in [5.74, 6) is 0. The summed E-state index contributed by atoms with van der Waals surface area (Å²) in [7, 11) is -5.81. The molecule has 59 heavy (non-hydrogen) atoms. The molecule has 0 saturated carbocycles. The van der Waals surface area contributed by atoms with Gasteiger partial charge in [-0.25, -0.2) is 0 Å². The first-order valence-corrected chi connectivity index (χ1v) is 22.2. The van der Waals surface area contributed by atoms with Crippen LogP contribution in [-0.2, 0) is 0 Å². The van der Waals surface area contributed by atoms with Gasteiger partial charge in [-0.15, -0.1) is 62.0 Å². The molecule has 0 heterocycles. The quantitative estimate of drug-likeness (QED) is 0.128. The maximum atomic E-state index is 14.1. The zero-order chi connectivity index (χ0) is 37.1. The van der Waals surface area contributed by atoms with Crippen LogP contribution in [0.1, 0.15) is 20.7 Å². The molecule has 0 N–H and O–H groups in total. The molecule has 8 rings (SSSR count). The molecule has 0 aliphatic heterocycles. The Morgan fingerprint density at radius 2 is 0.356 bits per heavy atom. The van der Waals surface area contributed by atoms with Gasteiger partial charge < -0.3 is 0 Å². The molecule has 0 fully saturated rings. The maximum absolute atomic E-state index is 14.1. The Balaban J connectivity index is 0.000000375. The first-order chi connectivity index (χ1) is 26.7. The first-order valence-electron chi connectivity index (χ1n) is 18.2. The Morgan fingerprint density at radius 1 is 0.220 bits per heavy atom. The van der Waals surface area contributed by atoms with E-state index in [1.54, 1.807) is 0 Å². The minimum atomic E-state index is -2.91. The third-order valence-corrected chi connectivity index (χ3v) is 19.1. The zero-order valence-electron chi connectivity index (χ0n) is 32.0. The molecule has 0 atom stereocenters. The van der Waals surface area contributed by atoms with Gasteiger partial charge >= 0.3 is 321 Å². The van der Waals surface area contributed by atoms with Crippen LogP contribution in [0.2, 0.25) is 0 Å². The van der Waals surface area contributed by atoms with Crippen molar-refractivity contribution in [2.75, 3.05) is 0 Å². The number of carbonyl (C=O) groups excluding carboxylic acids is 2. The van der Waals surface area contributed by atoms with E-state index in [1.165, 1.54) is 0 Å². The van der Waals surface area contributed by atoms with Gasteiger partial charge in [0, 0.05) is 0 Å². The summed E-state index contributed by atoms with van der Waals surface area (Å²) in [5.41, 5.74) is 1.96. The first kappa shape index (κ1) is 50.6. The van der Waals surface area contributed by atoms with Crippen LogP contribution >= 0.6 is 76.6 Å². The number of rotatable bonds is 10. The third-order valence-electron chi connectivity index (χ3n) is 9.99. The summed E-state index contributed by atoms with van der Waals surface area (Å²) in [6.07, 6.45) is 0. The van der Waals surface area contributed by atoms with E-state index < -0.39 is 14.5 Å². The van der Waals surface area contributed by atoms with Crippen LogP contribution in [0.4, 0.5) is 0 Å². The van der Waals surface area contributed by atoms with Crippen LogP contribution in [0.3, 0.4) is 0 Å². The normalized spacial score (nSPS) is 10.7. The molecule has 0 aromatic heterocycles. The van der Waals surface area contributed by atoms with Gasteiger partial charge in [0.1, 0.15) is 0 Å². The van der Waals surface area contributed by atoms with Gasteiger partial charge in [0.05, 0.1) is 0 Å². The van der Waals surface area contributed by atoms with Crippen molar-refractivity contribution in [3.63, 3.8) is 0 Å². The topological polar surface area (TPSA) is 34.1 Å². The van der Waals surface area contributed by atoms with Crippen LogP contribution in [-0.4, -0.2) is 11.0 Å². The van der Waals surface area contributed by atoms with E-state index >= 15 is 0 Å². The Labute approximate surface area is 380 Å². The van der Waals surface area contributed by atoms with Crippen molar-refractivity contribution < 1.29 is 9.59 Å². The summed E-state index contributed by atoms with van der Waals surface area (Å²) < 4.78 is 0. The Kier molecular flexibility index (Phi) is 21.0. The van der Waals surface area contributed by atoms with Gasteiger partial charge in [0.15, 0.2) is 0 Å². The average molecular weight is 919 g/mol. The van der Waals surface area contributed by atoms with Crippen molar-refractivity contribution in [2.45, 2.75) is 0 Å². The van der Waals surface area contributed by atoms with E-state index in [0.717, 1.165) is 43.0 Å². The van der Waals surface area contributed by atoms with Crippen LogP contribution < -0.4 is 31.8 Å². The molecule has 304 valence electrons. The molecule has 0 saturated heterocycles. The van der Waals surface area contributed by atoms with Crippen molar-refractivity contribution in [1.29, 1.82) is 0 Å². The molecule has 0 bridgehead atoms. The van der Waals surface area contributed by atoms with Crippen molar-refractivity contribution in [3.8, 4) is 0 Å². The SMILES string of the molecule is Cl.Cl.Cl.Cl.Cl.O=C(c1ccccc1)[PH](c1ccccc1)(c1ccccc1)c1ccccc1.O=C(c1ccccc1)[PH](c1ccccc1)(c1ccccc1)c1ccccc1. The number of hydrogen-bond donors (Lipinski definition) is 0.